The predicted octanol–water partition coefficient (Wildman–Crippen LogP) is 3.96. The number of nitrogens with one attached hydrogen (secondary N) is 1. The molecular formula is C18H18ClFN2O2. The van der Waals surface area contributed by atoms with Gasteiger partial charge >= 0.3 is 0 Å². The molecule has 0 spiro atoms. The maximum absolute atomic E-state index is 13.5. The van der Waals surface area contributed by atoms with Crippen molar-refractivity contribution in [3.8, 4) is 5.75 Å². The van der Waals surface area contributed by atoms with Crippen molar-refractivity contribution in [3.05, 3.63) is 64.4 Å². The first-order valence-corrected chi connectivity index (χ1v) is 7.95. The molecule has 2 rings (SSSR count). The Labute approximate surface area is 145 Å². The molecule has 0 aliphatic heterocycles. The average Bonchev–Trinajstić information content (AvgIpc) is 2.57. The van der Waals surface area contributed by atoms with Crippen LogP contribution in [0.25, 0.3) is 0 Å². The van der Waals surface area contributed by atoms with Crippen molar-refractivity contribution in [2.75, 3.05) is 6.61 Å². The molecule has 0 aliphatic rings. The third kappa shape index (κ3) is 5.35. The number of carbonyl (C=O) groups is 1. The van der Waals surface area contributed by atoms with Crippen LogP contribution in [0.5, 0.6) is 5.75 Å². The monoisotopic (exact) mass is 348 g/mol. The number of aryl methyl sites for hydroxylation is 1. The van der Waals surface area contributed by atoms with Crippen molar-refractivity contribution >= 4 is 23.7 Å². The van der Waals surface area contributed by atoms with Crippen LogP contribution in [0.4, 0.5) is 4.39 Å². The second-order valence-corrected chi connectivity index (χ2v) is 5.52. The van der Waals surface area contributed by atoms with Gasteiger partial charge in [0.05, 0.1) is 11.2 Å². The quantitative estimate of drug-likeness (QED) is 0.608. The number of halogens is 2. The number of ether oxygens (including phenoxy) is 1. The summed E-state index contributed by atoms with van der Waals surface area (Å²) >= 11 is 5.85. The Hall–Kier alpha value is -2.40. The number of hydrogen-bond acceptors (Lipinski definition) is 3. The number of nitrogens with zero attached hydrogens (tertiary/aromatic N) is 1. The molecule has 0 atom stereocenters. The van der Waals surface area contributed by atoms with Crippen LogP contribution in [0.3, 0.4) is 0 Å². The molecule has 6 heteroatoms. The normalized spacial score (nSPS) is 10.8. The second kappa shape index (κ2) is 9.03. The van der Waals surface area contributed by atoms with Crippen LogP contribution >= 0.6 is 11.6 Å². The molecule has 0 bridgehead atoms. The van der Waals surface area contributed by atoms with Crippen LogP contribution in [0.15, 0.2) is 47.6 Å². The fourth-order valence-corrected chi connectivity index (χ4v) is 2.24. The molecule has 0 heterocycles. The molecule has 0 aliphatic carbocycles. The molecular weight excluding hydrogens is 331 g/mol. The van der Waals surface area contributed by atoms with Gasteiger partial charge in [-0.1, -0.05) is 43.1 Å². The van der Waals surface area contributed by atoms with Crippen molar-refractivity contribution in [2.45, 2.75) is 19.8 Å². The van der Waals surface area contributed by atoms with Crippen molar-refractivity contribution in [1.82, 2.24) is 5.43 Å². The van der Waals surface area contributed by atoms with Gasteiger partial charge in [0.25, 0.3) is 5.91 Å². The first-order chi connectivity index (χ1) is 11.6. The molecule has 126 valence electrons. The first-order valence-electron chi connectivity index (χ1n) is 7.57. The Bertz CT molecular complexity index is 697. The molecule has 0 saturated heterocycles. The van der Waals surface area contributed by atoms with Crippen LogP contribution < -0.4 is 10.2 Å². The van der Waals surface area contributed by atoms with E-state index >= 15 is 0 Å². The molecule has 0 radical (unpaired) electrons. The lowest BCUT2D eigenvalue weighted by atomic mass is 10.1. The topological polar surface area (TPSA) is 50.7 Å². The summed E-state index contributed by atoms with van der Waals surface area (Å²) in [5, 5.41) is 3.90. The van der Waals surface area contributed by atoms with Crippen molar-refractivity contribution in [1.29, 1.82) is 0 Å². The van der Waals surface area contributed by atoms with Gasteiger partial charge in [-0.25, -0.2) is 9.82 Å². The van der Waals surface area contributed by atoms with Gasteiger partial charge in [-0.3, -0.25) is 4.79 Å². The van der Waals surface area contributed by atoms with E-state index in [1.807, 2.05) is 24.3 Å². The fourth-order valence-electron chi connectivity index (χ4n) is 2.03. The number of rotatable bonds is 7. The van der Waals surface area contributed by atoms with E-state index < -0.39 is 11.7 Å². The van der Waals surface area contributed by atoms with Crippen molar-refractivity contribution in [2.24, 2.45) is 5.10 Å². The van der Waals surface area contributed by atoms with Crippen molar-refractivity contribution < 1.29 is 13.9 Å². The third-order valence-electron chi connectivity index (χ3n) is 3.21. The summed E-state index contributed by atoms with van der Waals surface area (Å²) in [5.74, 6) is -0.355. The highest BCUT2D eigenvalue weighted by atomic mass is 35.5. The maximum atomic E-state index is 13.5. The maximum Gasteiger partial charge on any atom is 0.277 e. The fraction of sp³-hybridized carbons (Fsp3) is 0.222. The summed E-state index contributed by atoms with van der Waals surface area (Å²) < 4.78 is 18.9. The molecule has 1 N–H and O–H groups in total. The van der Waals surface area contributed by atoms with E-state index in [4.69, 9.17) is 16.3 Å². The van der Waals surface area contributed by atoms with Gasteiger partial charge in [0.1, 0.15) is 11.6 Å². The zero-order valence-electron chi connectivity index (χ0n) is 13.3. The molecule has 0 fully saturated rings. The third-order valence-corrected chi connectivity index (χ3v) is 3.54. The lowest BCUT2D eigenvalue weighted by molar-refractivity contribution is -0.123. The Morgan fingerprint density at radius 2 is 2.04 bits per heavy atom. The standard InChI is InChI=1S/C18H18ClFN2O2/c1-2-4-13-7-9-14(10-8-13)24-12-18(23)22-21-11-15-16(19)5-3-6-17(15)20/h3,5-11H,2,4,12H2,1H3,(H,22,23)/b21-11+. The smallest absolute Gasteiger partial charge is 0.277 e. The SMILES string of the molecule is CCCc1ccc(OCC(=O)N/N=C/c2c(F)cccc2Cl)cc1. The van der Waals surface area contributed by atoms with E-state index in [-0.39, 0.29) is 17.2 Å². The zero-order valence-corrected chi connectivity index (χ0v) is 14.0. The minimum absolute atomic E-state index is 0.117. The highest BCUT2D eigenvalue weighted by molar-refractivity contribution is 6.33. The molecule has 2 aromatic rings. The Balaban J connectivity index is 1.82. The Kier molecular flexibility index (Phi) is 6.75. The van der Waals surface area contributed by atoms with Crippen LogP contribution in [-0.2, 0) is 11.2 Å². The van der Waals surface area contributed by atoms with E-state index in [1.54, 1.807) is 6.07 Å². The molecule has 0 saturated carbocycles. The van der Waals surface area contributed by atoms with Crippen LogP contribution in [-0.4, -0.2) is 18.7 Å². The second-order valence-electron chi connectivity index (χ2n) is 5.11. The van der Waals surface area contributed by atoms with E-state index in [0.29, 0.717) is 5.75 Å². The molecule has 24 heavy (non-hydrogen) atoms. The predicted molar refractivity (Wildman–Crippen MR) is 93.1 cm³/mol. The summed E-state index contributed by atoms with van der Waals surface area (Å²) in [6.45, 7) is 1.93. The largest absolute Gasteiger partial charge is 0.484 e. The van der Waals surface area contributed by atoms with Gasteiger partial charge in [-0.15, -0.1) is 0 Å². The minimum atomic E-state index is -0.510. The number of benzene rings is 2. The van der Waals surface area contributed by atoms with E-state index in [0.717, 1.165) is 19.1 Å². The lowest BCUT2D eigenvalue weighted by Gasteiger charge is -2.06. The molecule has 0 unspecified atom stereocenters. The Morgan fingerprint density at radius 1 is 1.29 bits per heavy atom. The number of carbonyl (C=O) groups excluding carboxylic acids is 1. The van der Waals surface area contributed by atoms with E-state index in [2.05, 4.69) is 17.5 Å². The summed E-state index contributed by atoms with van der Waals surface area (Å²) in [6.07, 6.45) is 3.25. The van der Waals surface area contributed by atoms with Crippen molar-refractivity contribution in [3.63, 3.8) is 0 Å². The van der Waals surface area contributed by atoms with Gasteiger partial charge in [0.2, 0.25) is 0 Å². The average molecular weight is 349 g/mol. The molecule has 2 aromatic carbocycles. The summed E-state index contributed by atoms with van der Waals surface area (Å²) in [7, 11) is 0. The van der Waals surface area contributed by atoms with Gasteiger partial charge in [-0.2, -0.15) is 5.10 Å². The van der Waals surface area contributed by atoms with Gasteiger partial charge in [-0.05, 0) is 36.2 Å². The lowest BCUT2D eigenvalue weighted by Crippen LogP contribution is -2.24. The van der Waals surface area contributed by atoms with E-state index in [1.165, 1.54) is 17.7 Å². The highest BCUT2D eigenvalue weighted by Crippen LogP contribution is 2.16. The molecule has 4 nitrogen and oxygen atoms in total. The zero-order chi connectivity index (χ0) is 17.4. The van der Waals surface area contributed by atoms with E-state index in [9.17, 15) is 9.18 Å². The Morgan fingerprint density at radius 3 is 2.71 bits per heavy atom. The van der Waals surface area contributed by atoms with Crippen LogP contribution in [0, 0.1) is 5.82 Å². The molecule has 0 aromatic heterocycles. The van der Waals surface area contributed by atoms with Gasteiger partial charge < -0.3 is 4.74 Å². The first kappa shape index (κ1) is 17.9. The highest BCUT2D eigenvalue weighted by Gasteiger charge is 2.05. The van der Waals surface area contributed by atoms with Gasteiger partial charge in [0, 0.05) is 5.56 Å². The number of hydrogen-bond donors (Lipinski definition) is 1. The summed E-state index contributed by atoms with van der Waals surface area (Å²) in [6, 6.07) is 11.9. The summed E-state index contributed by atoms with van der Waals surface area (Å²) in [4.78, 5) is 11.7. The number of hydrazone groups is 1. The number of amides is 1. The van der Waals surface area contributed by atoms with Crippen LogP contribution in [0.1, 0.15) is 24.5 Å². The molecule has 1 amide bonds. The van der Waals surface area contributed by atoms with Gasteiger partial charge in [0.15, 0.2) is 6.61 Å². The minimum Gasteiger partial charge on any atom is -0.484 e. The summed E-state index contributed by atoms with van der Waals surface area (Å²) in [5.41, 5.74) is 3.61. The van der Waals surface area contributed by atoms with Crippen LogP contribution in [0.2, 0.25) is 5.02 Å².